The molecule has 15 heavy (non-hydrogen) atoms. The Labute approximate surface area is 97.4 Å². The molecule has 0 bridgehead atoms. The van der Waals surface area contributed by atoms with Gasteiger partial charge in [0.05, 0.1) is 5.88 Å². The van der Waals surface area contributed by atoms with Gasteiger partial charge in [0.15, 0.2) is 11.2 Å². The molecule has 1 aromatic rings. The first-order chi connectivity index (χ1) is 7.15. The van der Waals surface area contributed by atoms with Crippen LogP contribution < -0.4 is 5.32 Å². The van der Waals surface area contributed by atoms with Gasteiger partial charge in [-0.3, -0.25) is 9.59 Å². The number of carbonyl (C=O) groups excluding carboxylic acids is 2. The largest absolute Gasteiger partial charge is 0.324 e. The molecule has 0 aliphatic heterocycles. The monoisotopic (exact) mass is 245 g/mol. The minimum Gasteiger partial charge on any atom is -0.324 e. The summed E-state index contributed by atoms with van der Waals surface area (Å²) in [5.41, 5.74) is 0.593. The fraction of sp³-hybridized carbons (Fsp3) is 0.200. The molecule has 1 aromatic carbocycles. The van der Waals surface area contributed by atoms with Crippen molar-refractivity contribution in [3.63, 3.8) is 0 Å². The van der Waals surface area contributed by atoms with Gasteiger partial charge in [-0.2, -0.15) is 0 Å². The summed E-state index contributed by atoms with van der Waals surface area (Å²) in [6.45, 7) is 0. The number of benzene rings is 1. The summed E-state index contributed by atoms with van der Waals surface area (Å²) >= 11 is 10.9. The van der Waals surface area contributed by atoms with Gasteiger partial charge in [-0.25, -0.2) is 0 Å². The van der Waals surface area contributed by atoms with E-state index in [1.54, 1.807) is 24.3 Å². The van der Waals surface area contributed by atoms with Crippen LogP contribution in [-0.4, -0.2) is 22.9 Å². The normalized spacial score (nSPS) is 11.9. The Hall–Kier alpha value is -1.06. The topological polar surface area (TPSA) is 46.2 Å². The lowest BCUT2D eigenvalue weighted by atomic mass is 10.2. The van der Waals surface area contributed by atoms with Crippen LogP contribution in [0.4, 0.5) is 5.69 Å². The molecule has 0 aliphatic rings. The molecule has 0 saturated carbocycles. The minimum atomic E-state index is -1.23. The molecule has 3 nitrogen and oxygen atoms in total. The third kappa shape index (κ3) is 3.53. The van der Waals surface area contributed by atoms with E-state index >= 15 is 0 Å². The molecule has 1 N–H and O–H groups in total. The van der Waals surface area contributed by atoms with Crippen LogP contribution in [0.5, 0.6) is 0 Å². The number of hydrogen-bond donors (Lipinski definition) is 1. The molecule has 0 spiro atoms. The third-order valence-corrected chi connectivity index (χ3v) is 2.39. The number of para-hydroxylation sites is 1. The number of halogens is 2. The first-order valence-electron chi connectivity index (χ1n) is 4.24. The molecular weight excluding hydrogens is 237 g/mol. The highest BCUT2D eigenvalue weighted by atomic mass is 35.5. The van der Waals surface area contributed by atoms with E-state index in [9.17, 15) is 9.59 Å². The van der Waals surface area contributed by atoms with E-state index in [4.69, 9.17) is 23.2 Å². The van der Waals surface area contributed by atoms with Crippen LogP contribution in [0.3, 0.4) is 0 Å². The Morgan fingerprint density at radius 2 is 1.87 bits per heavy atom. The number of hydrogen-bond acceptors (Lipinski definition) is 2. The number of amides is 1. The van der Waals surface area contributed by atoms with Gasteiger partial charge in [-0.05, 0) is 12.1 Å². The van der Waals surface area contributed by atoms with Crippen molar-refractivity contribution < 1.29 is 9.59 Å². The van der Waals surface area contributed by atoms with Gasteiger partial charge in [-0.15, -0.1) is 23.2 Å². The average molecular weight is 246 g/mol. The first-order valence-corrected chi connectivity index (χ1v) is 5.21. The molecular formula is C10H9Cl2NO2. The zero-order valence-electron chi connectivity index (χ0n) is 7.74. The first kappa shape index (κ1) is 12.0. The van der Waals surface area contributed by atoms with Crippen LogP contribution in [0.25, 0.3) is 0 Å². The van der Waals surface area contributed by atoms with Crippen molar-refractivity contribution in [3.05, 3.63) is 30.3 Å². The number of anilines is 1. The van der Waals surface area contributed by atoms with Crippen molar-refractivity contribution in [2.45, 2.75) is 5.38 Å². The molecule has 1 rings (SSSR count). The van der Waals surface area contributed by atoms with Gasteiger partial charge in [0.1, 0.15) is 0 Å². The summed E-state index contributed by atoms with van der Waals surface area (Å²) in [6, 6.07) is 8.75. The zero-order valence-corrected chi connectivity index (χ0v) is 9.26. The van der Waals surface area contributed by atoms with Gasteiger partial charge in [0, 0.05) is 5.69 Å². The van der Waals surface area contributed by atoms with Crippen molar-refractivity contribution in [2.75, 3.05) is 11.2 Å². The molecule has 0 heterocycles. The van der Waals surface area contributed by atoms with Crippen molar-refractivity contribution in [1.29, 1.82) is 0 Å². The van der Waals surface area contributed by atoms with E-state index in [-0.39, 0.29) is 5.88 Å². The number of Topliss-reactive ketones (excluding diaryl/α,β-unsaturated/α-hetero) is 1. The Morgan fingerprint density at radius 3 is 2.40 bits per heavy atom. The van der Waals surface area contributed by atoms with E-state index < -0.39 is 17.1 Å². The molecule has 0 aliphatic carbocycles. The van der Waals surface area contributed by atoms with Gasteiger partial charge in [0.2, 0.25) is 5.91 Å². The van der Waals surface area contributed by atoms with Gasteiger partial charge in [-0.1, -0.05) is 18.2 Å². The quantitative estimate of drug-likeness (QED) is 0.652. The predicted octanol–water partition coefficient (Wildman–Crippen LogP) is 2.04. The maximum atomic E-state index is 11.4. The highest BCUT2D eigenvalue weighted by Crippen LogP contribution is 2.08. The Balaban J connectivity index is 2.60. The summed E-state index contributed by atoms with van der Waals surface area (Å²) in [6.07, 6.45) is 0. The number of alkyl halides is 2. The molecule has 0 saturated heterocycles. The lowest BCUT2D eigenvalue weighted by Crippen LogP contribution is -2.31. The minimum absolute atomic E-state index is 0.267. The summed E-state index contributed by atoms with van der Waals surface area (Å²) in [5, 5.41) is 1.27. The third-order valence-electron chi connectivity index (χ3n) is 1.69. The zero-order chi connectivity index (χ0) is 11.3. The van der Waals surface area contributed by atoms with Crippen molar-refractivity contribution in [1.82, 2.24) is 0 Å². The summed E-state index contributed by atoms with van der Waals surface area (Å²) in [7, 11) is 0. The number of nitrogens with one attached hydrogen (secondary N) is 1. The summed E-state index contributed by atoms with van der Waals surface area (Å²) < 4.78 is 0. The lowest BCUT2D eigenvalue weighted by molar-refractivity contribution is -0.123. The van der Waals surface area contributed by atoms with Crippen LogP contribution in [-0.2, 0) is 9.59 Å². The SMILES string of the molecule is O=C(CCl)[C@@H](Cl)C(=O)Nc1ccccc1. The highest BCUT2D eigenvalue weighted by molar-refractivity contribution is 6.47. The van der Waals surface area contributed by atoms with Crippen LogP contribution in [0, 0.1) is 0 Å². The molecule has 1 atom stereocenters. The van der Waals surface area contributed by atoms with Crippen molar-refractivity contribution in [2.24, 2.45) is 0 Å². The van der Waals surface area contributed by atoms with Crippen molar-refractivity contribution >= 4 is 40.6 Å². The number of rotatable bonds is 4. The van der Waals surface area contributed by atoms with Gasteiger partial charge in [0.25, 0.3) is 0 Å². The molecule has 0 aromatic heterocycles. The molecule has 1 amide bonds. The van der Waals surface area contributed by atoms with E-state index in [1.807, 2.05) is 6.07 Å². The van der Waals surface area contributed by atoms with Crippen molar-refractivity contribution in [3.8, 4) is 0 Å². The van der Waals surface area contributed by atoms with Gasteiger partial charge >= 0.3 is 0 Å². The standard InChI is InChI=1S/C10H9Cl2NO2/c11-6-8(14)9(12)10(15)13-7-4-2-1-3-5-7/h1-5,9H,6H2,(H,13,15)/t9-/m1/s1. The van der Waals surface area contributed by atoms with E-state index in [0.717, 1.165) is 0 Å². The average Bonchev–Trinajstić information content (AvgIpc) is 2.28. The number of carbonyl (C=O) groups is 2. The second kappa shape index (κ2) is 5.73. The van der Waals surface area contributed by atoms with Crippen LogP contribution in [0.15, 0.2) is 30.3 Å². The van der Waals surface area contributed by atoms with Crippen LogP contribution in [0.1, 0.15) is 0 Å². The second-order valence-electron chi connectivity index (χ2n) is 2.82. The molecule has 0 unspecified atom stereocenters. The summed E-state index contributed by atoms with van der Waals surface area (Å²) in [5.74, 6) is -1.34. The maximum Gasteiger partial charge on any atom is 0.250 e. The Bertz CT molecular complexity index is 354. The highest BCUT2D eigenvalue weighted by Gasteiger charge is 2.22. The molecule has 0 radical (unpaired) electrons. The lowest BCUT2D eigenvalue weighted by Gasteiger charge is -2.07. The fourth-order valence-corrected chi connectivity index (χ4v) is 1.31. The Kier molecular flexibility index (Phi) is 4.59. The Morgan fingerprint density at radius 1 is 1.27 bits per heavy atom. The molecule has 0 fully saturated rings. The van der Waals surface area contributed by atoms with E-state index in [2.05, 4.69) is 5.32 Å². The van der Waals surface area contributed by atoms with Crippen LogP contribution >= 0.6 is 23.2 Å². The summed E-state index contributed by atoms with van der Waals surface area (Å²) in [4.78, 5) is 22.4. The van der Waals surface area contributed by atoms with Crippen LogP contribution in [0.2, 0.25) is 0 Å². The van der Waals surface area contributed by atoms with E-state index in [0.29, 0.717) is 5.69 Å². The van der Waals surface area contributed by atoms with E-state index in [1.165, 1.54) is 0 Å². The predicted molar refractivity (Wildman–Crippen MR) is 60.4 cm³/mol. The molecule has 5 heteroatoms. The second-order valence-corrected chi connectivity index (χ2v) is 3.52. The smallest absolute Gasteiger partial charge is 0.250 e. The fourth-order valence-electron chi connectivity index (χ4n) is 0.941. The number of ketones is 1. The molecule has 80 valence electrons. The van der Waals surface area contributed by atoms with Gasteiger partial charge < -0.3 is 5.32 Å². The maximum absolute atomic E-state index is 11.4.